The van der Waals surface area contributed by atoms with Crippen LogP contribution in [0.3, 0.4) is 0 Å². The molecule has 1 aliphatic rings. The lowest BCUT2D eigenvalue weighted by Crippen LogP contribution is -2.25. The Bertz CT molecular complexity index is 792. The van der Waals surface area contributed by atoms with Crippen molar-refractivity contribution in [2.45, 2.75) is 13.5 Å². The van der Waals surface area contributed by atoms with Crippen LogP contribution in [0.4, 0.5) is 11.6 Å². The second kappa shape index (κ2) is 4.86. The number of aryl methyl sites for hydroxylation is 1. The molecule has 0 spiro atoms. The number of anilines is 2. The molecule has 0 saturated heterocycles. The Labute approximate surface area is 123 Å². The van der Waals surface area contributed by atoms with Crippen molar-refractivity contribution in [2.75, 3.05) is 18.0 Å². The average molecular weight is 279 g/mol. The predicted molar refractivity (Wildman–Crippen MR) is 82.9 cm³/mol. The average Bonchev–Trinajstić information content (AvgIpc) is 2.78. The Kier molecular flexibility index (Phi) is 2.86. The third kappa shape index (κ3) is 2.15. The molecule has 0 radical (unpaired) electrons. The third-order valence-electron chi connectivity index (χ3n) is 3.82. The highest BCUT2D eigenvalue weighted by molar-refractivity contribution is 5.63. The highest BCUT2D eigenvalue weighted by atomic mass is 15.4. The molecular weight excluding hydrogens is 262 g/mol. The molecule has 0 saturated carbocycles. The lowest BCUT2D eigenvalue weighted by Gasteiger charge is -2.20. The summed E-state index contributed by atoms with van der Waals surface area (Å²) >= 11 is 0. The van der Waals surface area contributed by atoms with Gasteiger partial charge in [0.2, 0.25) is 5.95 Å². The first-order valence-electron chi connectivity index (χ1n) is 7.20. The van der Waals surface area contributed by atoms with Crippen LogP contribution in [-0.4, -0.2) is 27.7 Å². The second-order valence-corrected chi connectivity index (χ2v) is 5.38. The summed E-state index contributed by atoms with van der Waals surface area (Å²) < 4.78 is 1.85. The fourth-order valence-electron chi connectivity index (χ4n) is 2.75. The molecule has 3 aromatic rings. The van der Waals surface area contributed by atoms with Crippen LogP contribution in [0.15, 0.2) is 42.6 Å². The Balaban J connectivity index is 1.84. The van der Waals surface area contributed by atoms with Crippen molar-refractivity contribution in [2.24, 2.45) is 0 Å². The highest BCUT2D eigenvalue weighted by Crippen LogP contribution is 2.27. The van der Waals surface area contributed by atoms with Crippen LogP contribution in [-0.2, 0) is 6.54 Å². The highest BCUT2D eigenvalue weighted by Gasteiger charge is 2.19. The number of benzene rings is 1. The zero-order chi connectivity index (χ0) is 14.2. The van der Waals surface area contributed by atoms with Crippen molar-refractivity contribution in [3.63, 3.8) is 0 Å². The zero-order valence-corrected chi connectivity index (χ0v) is 12.0. The molecule has 2 aromatic heterocycles. The first-order valence-corrected chi connectivity index (χ1v) is 7.20. The number of nitrogens with zero attached hydrogens (tertiary/aromatic N) is 4. The normalized spacial score (nSPS) is 15.0. The van der Waals surface area contributed by atoms with Gasteiger partial charge in [0, 0.05) is 31.5 Å². The molecule has 0 aliphatic carbocycles. The lowest BCUT2D eigenvalue weighted by atomic mass is 10.1. The van der Waals surface area contributed by atoms with Crippen molar-refractivity contribution in [1.29, 1.82) is 0 Å². The van der Waals surface area contributed by atoms with Gasteiger partial charge >= 0.3 is 0 Å². The van der Waals surface area contributed by atoms with E-state index in [1.165, 1.54) is 16.8 Å². The van der Waals surface area contributed by atoms with Crippen molar-refractivity contribution in [3.05, 3.63) is 53.7 Å². The summed E-state index contributed by atoms with van der Waals surface area (Å²) in [6.45, 7) is 4.74. The minimum Gasteiger partial charge on any atom is -0.311 e. The van der Waals surface area contributed by atoms with E-state index in [9.17, 15) is 0 Å². The molecule has 21 heavy (non-hydrogen) atoms. The van der Waals surface area contributed by atoms with Crippen LogP contribution in [0, 0.1) is 6.92 Å². The van der Waals surface area contributed by atoms with Gasteiger partial charge in [-0.3, -0.25) is 0 Å². The molecule has 106 valence electrons. The van der Waals surface area contributed by atoms with E-state index in [1.807, 2.05) is 16.8 Å². The first kappa shape index (κ1) is 12.3. The molecule has 4 rings (SSSR count). The van der Waals surface area contributed by atoms with E-state index < -0.39 is 0 Å². The summed E-state index contributed by atoms with van der Waals surface area (Å²) in [7, 11) is 0. The van der Waals surface area contributed by atoms with Gasteiger partial charge in [-0.1, -0.05) is 24.3 Å². The Morgan fingerprint density at radius 1 is 1.14 bits per heavy atom. The molecule has 0 atom stereocenters. The fourth-order valence-corrected chi connectivity index (χ4v) is 2.75. The number of pyridine rings is 1. The maximum absolute atomic E-state index is 4.67. The molecule has 1 aliphatic heterocycles. The summed E-state index contributed by atoms with van der Waals surface area (Å²) in [5, 5.41) is 8.08. The summed E-state index contributed by atoms with van der Waals surface area (Å²) in [6.07, 6.45) is 2.01. The topological polar surface area (TPSA) is 45.5 Å². The summed E-state index contributed by atoms with van der Waals surface area (Å²) in [6, 6.07) is 12.5. The van der Waals surface area contributed by atoms with E-state index >= 15 is 0 Å². The van der Waals surface area contributed by atoms with Crippen LogP contribution in [0.2, 0.25) is 0 Å². The van der Waals surface area contributed by atoms with Gasteiger partial charge in [0.15, 0.2) is 5.65 Å². The molecular formula is C16H17N5. The van der Waals surface area contributed by atoms with Crippen LogP contribution >= 0.6 is 0 Å². The lowest BCUT2D eigenvalue weighted by molar-refractivity contribution is 0.708. The molecule has 1 N–H and O–H groups in total. The van der Waals surface area contributed by atoms with Gasteiger partial charge in [0.25, 0.3) is 0 Å². The minimum atomic E-state index is 0.761. The monoisotopic (exact) mass is 279 g/mol. The van der Waals surface area contributed by atoms with Crippen molar-refractivity contribution >= 4 is 17.3 Å². The standard InChI is InChI=1S/C16H17N5/c1-12-6-7-15-18-16(19-21(15)11-12)20-9-8-17-10-13-4-2-3-5-14(13)20/h2-7,11,17H,8-10H2,1H3. The molecule has 0 amide bonds. The van der Waals surface area contributed by atoms with Crippen molar-refractivity contribution < 1.29 is 0 Å². The van der Waals surface area contributed by atoms with Gasteiger partial charge in [-0.05, 0) is 30.2 Å². The smallest absolute Gasteiger partial charge is 0.250 e. The van der Waals surface area contributed by atoms with Gasteiger partial charge in [-0.25, -0.2) is 4.52 Å². The van der Waals surface area contributed by atoms with Crippen LogP contribution in [0.1, 0.15) is 11.1 Å². The number of hydrogen-bond donors (Lipinski definition) is 1. The SMILES string of the molecule is Cc1ccc2nc(N3CCNCc4ccccc43)nn2c1. The minimum absolute atomic E-state index is 0.761. The van der Waals surface area contributed by atoms with E-state index in [4.69, 9.17) is 0 Å². The summed E-state index contributed by atoms with van der Waals surface area (Å²) in [5.74, 6) is 0.761. The Morgan fingerprint density at radius 2 is 2.05 bits per heavy atom. The molecule has 0 fully saturated rings. The summed E-state index contributed by atoms with van der Waals surface area (Å²) in [4.78, 5) is 6.86. The number of aromatic nitrogens is 3. The van der Waals surface area contributed by atoms with Gasteiger partial charge in [-0.2, -0.15) is 4.98 Å². The molecule has 0 bridgehead atoms. The third-order valence-corrected chi connectivity index (χ3v) is 3.82. The van der Waals surface area contributed by atoms with E-state index in [1.54, 1.807) is 0 Å². The molecule has 0 unspecified atom stereocenters. The van der Waals surface area contributed by atoms with Crippen molar-refractivity contribution in [3.8, 4) is 0 Å². The zero-order valence-electron chi connectivity index (χ0n) is 12.0. The Morgan fingerprint density at radius 3 is 3.00 bits per heavy atom. The molecule has 3 heterocycles. The van der Waals surface area contributed by atoms with Crippen molar-refractivity contribution in [1.82, 2.24) is 19.9 Å². The number of rotatable bonds is 1. The van der Waals surface area contributed by atoms with E-state index in [0.29, 0.717) is 0 Å². The quantitative estimate of drug-likeness (QED) is 0.742. The summed E-state index contributed by atoms with van der Waals surface area (Å²) in [5.41, 5.74) is 4.53. The largest absolute Gasteiger partial charge is 0.311 e. The molecule has 5 nitrogen and oxygen atoms in total. The molecule has 1 aromatic carbocycles. The Hall–Kier alpha value is -2.40. The number of nitrogens with one attached hydrogen (secondary N) is 1. The van der Waals surface area contributed by atoms with Gasteiger partial charge < -0.3 is 10.2 Å². The van der Waals surface area contributed by atoms with E-state index in [2.05, 4.69) is 57.6 Å². The van der Waals surface area contributed by atoms with Crippen LogP contribution in [0.25, 0.3) is 5.65 Å². The van der Waals surface area contributed by atoms with E-state index in [-0.39, 0.29) is 0 Å². The van der Waals surface area contributed by atoms with Crippen LogP contribution in [0.5, 0.6) is 0 Å². The van der Waals surface area contributed by atoms with Gasteiger partial charge in [0.05, 0.1) is 0 Å². The maximum atomic E-state index is 4.67. The number of fused-ring (bicyclic) bond motifs is 2. The number of para-hydroxylation sites is 1. The fraction of sp³-hybridized carbons (Fsp3) is 0.250. The number of hydrogen-bond acceptors (Lipinski definition) is 4. The van der Waals surface area contributed by atoms with E-state index in [0.717, 1.165) is 31.2 Å². The first-order chi connectivity index (χ1) is 10.3. The predicted octanol–water partition coefficient (Wildman–Crippen LogP) is 2.28. The second-order valence-electron chi connectivity index (χ2n) is 5.38. The maximum Gasteiger partial charge on any atom is 0.250 e. The van der Waals surface area contributed by atoms with Crippen LogP contribution < -0.4 is 10.2 Å². The molecule has 5 heteroatoms. The van der Waals surface area contributed by atoms with Gasteiger partial charge in [-0.15, -0.1) is 5.10 Å². The van der Waals surface area contributed by atoms with Gasteiger partial charge in [0.1, 0.15) is 0 Å².